The van der Waals surface area contributed by atoms with Crippen molar-refractivity contribution in [3.63, 3.8) is 0 Å². The molecule has 0 aliphatic heterocycles. The van der Waals surface area contributed by atoms with Gasteiger partial charge in [0, 0.05) is 31.9 Å². The van der Waals surface area contributed by atoms with E-state index in [9.17, 15) is 0 Å². The molecule has 0 amide bonds. The van der Waals surface area contributed by atoms with Crippen LogP contribution >= 0.6 is 11.3 Å². The van der Waals surface area contributed by atoms with Crippen LogP contribution in [0.4, 0.5) is 0 Å². The van der Waals surface area contributed by atoms with Crippen molar-refractivity contribution in [1.82, 2.24) is 15.2 Å². The molecule has 0 spiro atoms. The topological polar surface area (TPSA) is 40.5 Å². The zero-order valence-corrected chi connectivity index (χ0v) is 15.6. The normalized spacial score (nSPS) is 17.5. The molecule has 0 saturated carbocycles. The number of aryl methyl sites for hydroxylation is 2. The first-order valence-electron chi connectivity index (χ1n) is 8.58. The van der Waals surface area contributed by atoms with Crippen LogP contribution in [0.2, 0.25) is 0 Å². The SMILES string of the molecule is CN=C(NCC1CCCc2ccccc21)N(C)Cc1csc(C)n1. The Bertz CT molecular complexity index is 707. The molecule has 1 aliphatic carbocycles. The van der Waals surface area contributed by atoms with Crippen LogP contribution in [0.5, 0.6) is 0 Å². The van der Waals surface area contributed by atoms with Gasteiger partial charge in [-0.05, 0) is 37.3 Å². The van der Waals surface area contributed by atoms with Crippen molar-refractivity contribution in [3.05, 3.63) is 51.5 Å². The van der Waals surface area contributed by atoms with E-state index in [0.29, 0.717) is 5.92 Å². The molecule has 1 aromatic heterocycles. The summed E-state index contributed by atoms with van der Waals surface area (Å²) < 4.78 is 0. The lowest BCUT2D eigenvalue weighted by Crippen LogP contribution is -2.40. The van der Waals surface area contributed by atoms with Gasteiger partial charge in [0.1, 0.15) is 0 Å². The Morgan fingerprint density at radius 1 is 1.42 bits per heavy atom. The van der Waals surface area contributed by atoms with Crippen LogP contribution in [0, 0.1) is 6.92 Å². The van der Waals surface area contributed by atoms with Gasteiger partial charge in [0.2, 0.25) is 0 Å². The second kappa shape index (κ2) is 7.79. The molecular formula is C19H26N4S. The summed E-state index contributed by atoms with van der Waals surface area (Å²) in [6, 6.07) is 8.86. The van der Waals surface area contributed by atoms with Crippen LogP contribution in [0.15, 0.2) is 34.6 Å². The monoisotopic (exact) mass is 342 g/mol. The van der Waals surface area contributed by atoms with Gasteiger partial charge in [0.25, 0.3) is 0 Å². The summed E-state index contributed by atoms with van der Waals surface area (Å²) in [5.41, 5.74) is 4.12. The number of benzene rings is 1. The van der Waals surface area contributed by atoms with E-state index in [-0.39, 0.29) is 0 Å². The Hall–Kier alpha value is -1.88. The molecule has 2 aromatic rings. The summed E-state index contributed by atoms with van der Waals surface area (Å²) in [6.07, 6.45) is 3.73. The van der Waals surface area contributed by atoms with E-state index in [0.717, 1.165) is 29.8 Å². The maximum Gasteiger partial charge on any atom is 0.193 e. The molecule has 1 aliphatic rings. The first-order valence-corrected chi connectivity index (χ1v) is 9.46. The fraction of sp³-hybridized carbons (Fsp3) is 0.474. The Balaban J connectivity index is 1.60. The third-order valence-corrected chi connectivity index (χ3v) is 5.46. The summed E-state index contributed by atoms with van der Waals surface area (Å²) in [5.74, 6) is 1.50. The lowest BCUT2D eigenvalue weighted by atomic mass is 9.83. The predicted octanol–water partition coefficient (Wildman–Crippen LogP) is 3.58. The van der Waals surface area contributed by atoms with E-state index in [4.69, 9.17) is 0 Å². The molecule has 1 aromatic carbocycles. The maximum absolute atomic E-state index is 4.54. The van der Waals surface area contributed by atoms with Gasteiger partial charge in [0.15, 0.2) is 5.96 Å². The van der Waals surface area contributed by atoms with E-state index in [1.165, 1.54) is 30.4 Å². The number of hydrogen-bond acceptors (Lipinski definition) is 3. The third kappa shape index (κ3) is 3.96. The molecular weight excluding hydrogens is 316 g/mol. The average molecular weight is 343 g/mol. The summed E-state index contributed by atoms with van der Waals surface area (Å²) in [6.45, 7) is 3.76. The van der Waals surface area contributed by atoms with Crippen molar-refractivity contribution >= 4 is 17.3 Å². The number of thiazole rings is 1. The van der Waals surface area contributed by atoms with Crippen LogP contribution in [0.3, 0.4) is 0 Å². The zero-order chi connectivity index (χ0) is 16.9. The van der Waals surface area contributed by atoms with Crippen molar-refractivity contribution in [1.29, 1.82) is 0 Å². The van der Waals surface area contributed by atoms with Gasteiger partial charge in [-0.1, -0.05) is 24.3 Å². The van der Waals surface area contributed by atoms with E-state index >= 15 is 0 Å². The largest absolute Gasteiger partial charge is 0.356 e. The molecule has 1 N–H and O–H groups in total. The highest BCUT2D eigenvalue weighted by Gasteiger charge is 2.20. The Morgan fingerprint density at radius 3 is 3.00 bits per heavy atom. The molecule has 4 nitrogen and oxygen atoms in total. The minimum absolute atomic E-state index is 0.571. The third-order valence-electron chi connectivity index (χ3n) is 4.64. The maximum atomic E-state index is 4.54. The fourth-order valence-electron chi connectivity index (χ4n) is 3.46. The van der Waals surface area contributed by atoms with Gasteiger partial charge in [-0.15, -0.1) is 11.3 Å². The number of nitrogens with zero attached hydrogens (tertiary/aromatic N) is 3. The zero-order valence-electron chi connectivity index (χ0n) is 14.7. The number of aliphatic imine (C=N–C) groups is 1. The quantitative estimate of drug-likeness (QED) is 0.682. The van der Waals surface area contributed by atoms with Gasteiger partial charge in [0.05, 0.1) is 17.2 Å². The lowest BCUT2D eigenvalue weighted by molar-refractivity contribution is 0.458. The molecule has 3 rings (SSSR count). The summed E-state index contributed by atoms with van der Waals surface area (Å²) in [5, 5.41) is 6.79. The molecule has 1 heterocycles. The van der Waals surface area contributed by atoms with Gasteiger partial charge in [-0.3, -0.25) is 4.99 Å². The van der Waals surface area contributed by atoms with Crippen LogP contribution < -0.4 is 5.32 Å². The number of hydrogen-bond donors (Lipinski definition) is 1. The van der Waals surface area contributed by atoms with Crippen LogP contribution in [0.1, 0.15) is 40.6 Å². The summed E-state index contributed by atoms with van der Waals surface area (Å²) in [4.78, 5) is 11.1. The predicted molar refractivity (Wildman–Crippen MR) is 102 cm³/mol. The van der Waals surface area contributed by atoms with Gasteiger partial charge >= 0.3 is 0 Å². The highest BCUT2D eigenvalue weighted by atomic mass is 32.1. The van der Waals surface area contributed by atoms with Crippen molar-refractivity contribution in [2.45, 2.75) is 38.6 Å². The van der Waals surface area contributed by atoms with Crippen LogP contribution in [0.25, 0.3) is 0 Å². The fourth-order valence-corrected chi connectivity index (χ4v) is 4.07. The number of nitrogens with one attached hydrogen (secondary N) is 1. The second-order valence-electron chi connectivity index (χ2n) is 6.43. The van der Waals surface area contributed by atoms with Crippen molar-refractivity contribution in [3.8, 4) is 0 Å². The molecule has 1 unspecified atom stereocenters. The lowest BCUT2D eigenvalue weighted by Gasteiger charge is -2.28. The molecule has 24 heavy (non-hydrogen) atoms. The number of rotatable bonds is 4. The van der Waals surface area contributed by atoms with Crippen molar-refractivity contribution < 1.29 is 0 Å². The average Bonchev–Trinajstić information content (AvgIpc) is 3.00. The molecule has 0 fully saturated rings. The van der Waals surface area contributed by atoms with Gasteiger partial charge in [-0.25, -0.2) is 4.98 Å². The van der Waals surface area contributed by atoms with E-state index in [2.05, 4.69) is 56.9 Å². The molecule has 0 radical (unpaired) electrons. The first kappa shape index (κ1) is 17.0. The molecule has 1 atom stereocenters. The smallest absolute Gasteiger partial charge is 0.193 e. The van der Waals surface area contributed by atoms with Crippen molar-refractivity contribution in [2.24, 2.45) is 4.99 Å². The first-order chi connectivity index (χ1) is 11.7. The number of fused-ring (bicyclic) bond motifs is 1. The highest BCUT2D eigenvalue weighted by Crippen LogP contribution is 2.30. The highest BCUT2D eigenvalue weighted by molar-refractivity contribution is 7.09. The van der Waals surface area contributed by atoms with E-state index in [1.807, 2.05) is 14.0 Å². The molecule has 0 saturated heterocycles. The standard InChI is InChI=1S/C19H26N4S/c1-14-22-17(13-24-14)12-23(3)19(20-2)21-11-16-9-6-8-15-7-4-5-10-18(15)16/h4-5,7,10,13,16H,6,8-9,11-12H2,1-3H3,(H,20,21). The minimum Gasteiger partial charge on any atom is -0.356 e. The second-order valence-corrected chi connectivity index (χ2v) is 7.49. The number of guanidine groups is 1. The van der Waals surface area contributed by atoms with Crippen LogP contribution in [-0.4, -0.2) is 36.5 Å². The Kier molecular flexibility index (Phi) is 5.51. The van der Waals surface area contributed by atoms with Gasteiger partial charge < -0.3 is 10.2 Å². The Morgan fingerprint density at radius 2 is 2.25 bits per heavy atom. The Labute approximate surface area is 148 Å². The molecule has 128 valence electrons. The molecule has 0 bridgehead atoms. The summed E-state index contributed by atoms with van der Waals surface area (Å²) in [7, 11) is 3.92. The number of aromatic nitrogens is 1. The summed E-state index contributed by atoms with van der Waals surface area (Å²) >= 11 is 1.70. The minimum atomic E-state index is 0.571. The van der Waals surface area contributed by atoms with E-state index in [1.54, 1.807) is 11.3 Å². The van der Waals surface area contributed by atoms with Crippen molar-refractivity contribution in [2.75, 3.05) is 20.6 Å². The molecule has 5 heteroatoms. The van der Waals surface area contributed by atoms with E-state index < -0.39 is 0 Å². The van der Waals surface area contributed by atoms with Gasteiger partial charge in [-0.2, -0.15) is 0 Å². The van der Waals surface area contributed by atoms with Crippen LogP contribution in [-0.2, 0) is 13.0 Å².